The van der Waals surface area contributed by atoms with Gasteiger partial charge in [0.15, 0.2) is 17.3 Å². The summed E-state index contributed by atoms with van der Waals surface area (Å²) in [7, 11) is 5.02. The van der Waals surface area contributed by atoms with Crippen molar-refractivity contribution in [3.63, 3.8) is 0 Å². The first kappa shape index (κ1) is 23.8. The van der Waals surface area contributed by atoms with Crippen molar-refractivity contribution in [1.82, 2.24) is 20.2 Å². The fourth-order valence-corrected chi connectivity index (χ4v) is 4.13. The van der Waals surface area contributed by atoms with Gasteiger partial charge in [-0.05, 0) is 43.9 Å². The predicted molar refractivity (Wildman–Crippen MR) is 130 cm³/mol. The lowest BCUT2D eigenvalue weighted by Crippen LogP contribution is -2.44. The number of hydrogen-bond acceptors (Lipinski definition) is 6. The molecule has 0 atom stereocenters. The summed E-state index contributed by atoms with van der Waals surface area (Å²) in [6.45, 7) is 0. The molecule has 0 aliphatic heterocycles. The van der Waals surface area contributed by atoms with Crippen molar-refractivity contribution in [3.05, 3.63) is 47.5 Å². The van der Waals surface area contributed by atoms with Crippen LogP contribution in [0.15, 0.2) is 36.7 Å². The van der Waals surface area contributed by atoms with Crippen molar-refractivity contribution in [2.75, 3.05) is 26.5 Å². The molecular formula is C24H27ClFN5O3. The van der Waals surface area contributed by atoms with Crippen LogP contribution < -0.4 is 20.1 Å². The van der Waals surface area contributed by atoms with Crippen LogP contribution >= 0.6 is 11.6 Å². The maximum Gasteiger partial charge on any atom is 0.317 e. The Bertz CT molecular complexity index is 1180. The van der Waals surface area contributed by atoms with Crippen LogP contribution in [-0.4, -0.2) is 54.2 Å². The Morgan fingerprint density at radius 1 is 1.15 bits per heavy atom. The van der Waals surface area contributed by atoms with Gasteiger partial charge in [-0.2, -0.15) is 0 Å². The van der Waals surface area contributed by atoms with Gasteiger partial charge in [-0.3, -0.25) is 0 Å². The number of nitrogens with one attached hydrogen (secondary N) is 2. The number of carbonyl (C=O) groups excluding carboxylic acids is 1. The number of benzene rings is 2. The SMILES string of the molecule is COc1cc2ncnc(Nc3cccc(Cl)c3F)c2cc1O[C@H]1CC[C@@H](NC(=O)N(C)C)CC1. The first-order valence-electron chi connectivity index (χ1n) is 11.0. The summed E-state index contributed by atoms with van der Waals surface area (Å²) in [4.78, 5) is 22.1. The molecule has 1 saturated carbocycles. The van der Waals surface area contributed by atoms with Gasteiger partial charge in [0.25, 0.3) is 0 Å². The number of aromatic nitrogens is 2. The average Bonchev–Trinajstić information content (AvgIpc) is 2.83. The number of anilines is 2. The van der Waals surface area contributed by atoms with Gasteiger partial charge in [0, 0.05) is 31.6 Å². The third kappa shape index (κ3) is 5.25. The number of nitrogens with zero attached hydrogens (tertiary/aromatic N) is 3. The number of carbonyl (C=O) groups is 1. The fraction of sp³-hybridized carbons (Fsp3) is 0.375. The summed E-state index contributed by atoms with van der Waals surface area (Å²) in [5, 5.41) is 6.71. The van der Waals surface area contributed by atoms with Crippen LogP contribution in [0.4, 0.5) is 20.7 Å². The largest absolute Gasteiger partial charge is 0.493 e. The van der Waals surface area contributed by atoms with E-state index in [1.165, 1.54) is 17.3 Å². The molecule has 34 heavy (non-hydrogen) atoms. The summed E-state index contributed by atoms with van der Waals surface area (Å²) in [6.07, 6.45) is 4.61. The number of urea groups is 1. The Labute approximate surface area is 202 Å². The summed E-state index contributed by atoms with van der Waals surface area (Å²) in [5.41, 5.74) is 0.836. The highest BCUT2D eigenvalue weighted by Gasteiger charge is 2.25. The molecule has 4 rings (SSSR count). The Morgan fingerprint density at radius 3 is 2.62 bits per heavy atom. The van der Waals surface area contributed by atoms with E-state index in [9.17, 15) is 9.18 Å². The van der Waals surface area contributed by atoms with E-state index < -0.39 is 5.82 Å². The van der Waals surface area contributed by atoms with Gasteiger partial charge in [0.2, 0.25) is 0 Å². The minimum absolute atomic E-state index is 0.0198. The van der Waals surface area contributed by atoms with Crippen molar-refractivity contribution in [2.24, 2.45) is 0 Å². The highest BCUT2D eigenvalue weighted by atomic mass is 35.5. The van der Waals surface area contributed by atoms with E-state index in [2.05, 4.69) is 20.6 Å². The first-order valence-corrected chi connectivity index (χ1v) is 11.4. The predicted octanol–water partition coefficient (Wildman–Crippen LogP) is 5.14. The van der Waals surface area contributed by atoms with E-state index in [0.717, 1.165) is 25.7 Å². The van der Waals surface area contributed by atoms with Crippen LogP contribution in [-0.2, 0) is 0 Å². The molecule has 8 nitrogen and oxygen atoms in total. The first-order chi connectivity index (χ1) is 16.4. The lowest BCUT2D eigenvalue weighted by Gasteiger charge is -2.30. The Kier molecular flexibility index (Phi) is 7.21. The number of fused-ring (bicyclic) bond motifs is 1. The molecule has 10 heteroatoms. The van der Waals surface area contributed by atoms with E-state index in [1.807, 2.05) is 0 Å². The second-order valence-corrected chi connectivity index (χ2v) is 8.81. The molecule has 0 bridgehead atoms. The molecule has 1 heterocycles. The van der Waals surface area contributed by atoms with Gasteiger partial charge in [-0.15, -0.1) is 0 Å². The molecular weight excluding hydrogens is 461 g/mol. The molecule has 1 aliphatic rings. The highest BCUT2D eigenvalue weighted by molar-refractivity contribution is 6.31. The summed E-state index contributed by atoms with van der Waals surface area (Å²) in [6, 6.07) is 8.35. The molecule has 2 aromatic carbocycles. The molecule has 1 aromatic heterocycles. The van der Waals surface area contributed by atoms with Crippen LogP contribution in [0, 0.1) is 5.82 Å². The van der Waals surface area contributed by atoms with Gasteiger partial charge in [-0.1, -0.05) is 17.7 Å². The normalized spacial score (nSPS) is 17.8. The van der Waals surface area contributed by atoms with Crippen molar-refractivity contribution < 1.29 is 18.7 Å². The van der Waals surface area contributed by atoms with Crippen LogP contribution in [0.25, 0.3) is 10.9 Å². The number of amides is 2. The Balaban J connectivity index is 1.54. The molecule has 180 valence electrons. The molecule has 0 saturated heterocycles. The number of rotatable bonds is 6. The Morgan fingerprint density at radius 2 is 1.91 bits per heavy atom. The second-order valence-electron chi connectivity index (χ2n) is 8.40. The van der Waals surface area contributed by atoms with E-state index in [4.69, 9.17) is 21.1 Å². The minimum atomic E-state index is -0.556. The molecule has 1 fully saturated rings. The topological polar surface area (TPSA) is 88.6 Å². The Hall–Kier alpha value is -3.33. The van der Waals surface area contributed by atoms with Gasteiger partial charge in [0.05, 0.1) is 29.4 Å². The monoisotopic (exact) mass is 487 g/mol. The molecule has 2 amide bonds. The third-order valence-electron chi connectivity index (χ3n) is 5.83. The smallest absolute Gasteiger partial charge is 0.317 e. The lowest BCUT2D eigenvalue weighted by molar-refractivity contribution is 0.134. The van der Waals surface area contributed by atoms with Gasteiger partial charge in [-0.25, -0.2) is 19.2 Å². The number of hydrogen-bond donors (Lipinski definition) is 2. The summed E-state index contributed by atoms with van der Waals surface area (Å²) in [5.74, 6) is 0.974. The lowest BCUT2D eigenvalue weighted by atomic mass is 9.93. The van der Waals surface area contributed by atoms with Crippen molar-refractivity contribution in [3.8, 4) is 11.5 Å². The van der Waals surface area contributed by atoms with E-state index in [0.29, 0.717) is 28.2 Å². The number of methoxy groups -OCH3 is 1. The zero-order valence-electron chi connectivity index (χ0n) is 19.3. The van der Waals surface area contributed by atoms with E-state index in [-0.39, 0.29) is 28.9 Å². The average molecular weight is 488 g/mol. The molecule has 2 N–H and O–H groups in total. The fourth-order valence-electron chi connectivity index (χ4n) is 3.95. The van der Waals surface area contributed by atoms with Crippen LogP contribution in [0.5, 0.6) is 11.5 Å². The standard InChI is InChI=1S/C24H27ClFN5O3/c1-31(2)24(32)29-14-7-9-15(10-8-14)34-21-11-16-19(12-20(21)33-3)27-13-28-23(16)30-18-6-4-5-17(25)22(18)26/h4-6,11-15H,7-10H2,1-3H3,(H,29,32)(H,27,28,30)/t14-,15+. The van der Waals surface area contributed by atoms with E-state index >= 15 is 0 Å². The van der Waals surface area contributed by atoms with Crippen LogP contribution in [0.1, 0.15) is 25.7 Å². The molecule has 0 unspecified atom stereocenters. The van der Waals surface area contributed by atoms with E-state index in [1.54, 1.807) is 45.5 Å². The van der Waals surface area contributed by atoms with Crippen LogP contribution in [0.3, 0.4) is 0 Å². The molecule has 1 aliphatic carbocycles. The van der Waals surface area contributed by atoms with Gasteiger partial charge in [0.1, 0.15) is 12.1 Å². The maximum absolute atomic E-state index is 14.4. The molecule has 3 aromatic rings. The zero-order chi connectivity index (χ0) is 24.2. The minimum Gasteiger partial charge on any atom is -0.493 e. The molecule has 0 radical (unpaired) electrons. The second kappa shape index (κ2) is 10.3. The highest BCUT2D eigenvalue weighted by Crippen LogP contribution is 2.37. The van der Waals surface area contributed by atoms with Gasteiger partial charge >= 0.3 is 6.03 Å². The van der Waals surface area contributed by atoms with Crippen LogP contribution in [0.2, 0.25) is 5.02 Å². The van der Waals surface area contributed by atoms with Gasteiger partial charge < -0.3 is 25.0 Å². The number of ether oxygens (including phenoxy) is 2. The van der Waals surface area contributed by atoms with Crippen molar-refractivity contribution >= 4 is 40.0 Å². The third-order valence-corrected chi connectivity index (χ3v) is 6.12. The quantitative estimate of drug-likeness (QED) is 0.500. The van der Waals surface area contributed by atoms with Crippen molar-refractivity contribution in [2.45, 2.75) is 37.8 Å². The zero-order valence-corrected chi connectivity index (χ0v) is 20.0. The van der Waals surface area contributed by atoms with Crippen molar-refractivity contribution in [1.29, 1.82) is 0 Å². The maximum atomic E-state index is 14.4. The molecule has 0 spiro atoms. The summed E-state index contributed by atoms with van der Waals surface area (Å²) >= 11 is 5.92. The number of halogens is 2. The summed E-state index contributed by atoms with van der Waals surface area (Å²) < 4.78 is 26.3.